The van der Waals surface area contributed by atoms with Gasteiger partial charge in [-0.1, -0.05) is 18.2 Å². The first kappa shape index (κ1) is 15.0. The topological polar surface area (TPSA) is 99.1 Å². The molecule has 0 aliphatic carbocycles. The summed E-state index contributed by atoms with van der Waals surface area (Å²) in [6.45, 7) is 0. The maximum Gasteiger partial charge on any atom is 0.281 e. The van der Waals surface area contributed by atoms with Gasteiger partial charge < -0.3 is 10.2 Å². The number of rotatable bonds is 3. The van der Waals surface area contributed by atoms with Gasteiger partial charge in [0.25, 0.3) is 5.22 Å². The molecular formula is C16H11N3O3S2. The number of anilines is 1. The van der Waals surface area contributed by atoms with Crippen LogP contribution in [0, 0.1) is 0 Å². The molecule has 3 aromatic rings. The predicted molar refractivity (Wildman–Crippen MR) is 91.6 cm³/mol. The summed E-state index contributed by atoms with van der Waals surface area (Å²) >= 11 is 1.13. The zero-order valence-corrected chi connectivity index (χ0v) is 13.8. The number of nitrogens with zero attached hydrogens (tertiary/aromatic N) is 2. The second kappa shape index (κ2) is 5.50. The van der Waals surface area contributed by atoms with E-state index in [4.69, 9.17) is 10.2 Å². The summed E-state index contributed by atoms with van der Waals surface area (Å²) in [7, 11) is -3.41. The van der Waals surface area contributed by atoms with E-state index in [1.165, 1.54) is 5.41 Å². The van der Waals surface area contributed by atoms with Crippen LogP contribution in [0.2, 0.25) is 0 Å². The molecule has 2 N–H and O–H groups in total. The van der Waals surface area contributed by atoms with Gasteiger partial charge in [0.1, 0.15) is 0 Å². The van der Waals surface area contributed by atoms with E-state index in [1.54, 1.807) is 48.5 Å². The van der Waals surface area contributed by atoms with Crippen LogP contribution in [0.25, 0.3) is 16.4 Å². The standard InChI is InChI=1S/C16H11N3O3S2/c17-11-7-5-10(6-8-11)15-18-19-16(22-15)23-13-9-24(20,21)14-4-2-1-3-12(13)14/h1-9H,17H2. The minimum atomic E-state index is -3.41. The van der Waals surface area contributed by atoms with Crippen molar-refractivity contribution in [2.24, 2.45) is 0 Å². The molecule has 120 valence electrons. The van der Waals surface area contributed by atoms with Crippen molar-refractivity contribution in [3.63, 3.8) is 0 Å². The van der Waals surface area contributed by atoms with E-state index in [0.717, 1.165) is 17.3 Å². The lowest BCUT2D eigenvalue weighted by Crippen LogP contribution is -1.91. The Morgan fingerprint density at radius 1 is 1.00 bits per heavy atom. The molecule has 0 saturated heterocycles. The van der Waals surface area contributed by atoms with Crippen LogP contribution < -0.4 is 5.73 Å². The monoisotopic (exact) mass is 357 g/mol. The summed E-state index contributed by atoms with van der Waals surface area (Å²) < 4.78 is 29.9. The molecule has 6 nitrogen and oxygen atoms in total. The smallest absolute Gasteiger partial charge is 0.281 e. The van der Waals surface area contributed by atoms with Gasteiger partial charge in [0.05, 0.1) is 10.3 Å². The van der Waals surface area contributed by atoms with E-state index in [1.807, 2.05) is 0 Å². The van der Waals surface area contributed by atoms with Crippen LogP contribution in [-0.4, -0.2) is 18.6 Å². The van der Waals surface area contributed by atoms with Crippen molar-refractivity contribution in [3.8, 4) is 11.5 Å². The summed E-state index contributed by atoms with van der Waals surface area (Å²) in [4.78, 5) is 0.865. The van der Waals surface area contributed by atoms with Crippen molar-refractivity contribution in [1.82, 2.24) is 10.2 Å². The summed E-state index contributed by atoms with van der Waals surface area (Å²) in [5.74, 6) is 0.354. The number of hydrogen-bond acceptors (Lipinski definition) is 7. The van der Waals surface area contributed by atoms with Gasteiger partial charge in [-0.2, -0.15) is 0 Å². The van der Waals surface area contributed by atoms with E-state index >= 15 is 0 Å². The lowest BCUT2D eigenvalue weighted by atomic mass is 10.2. The van der Waals surface area contributed by atoms with Gasteiger partial charge in [-0.3, -0.25) is 0 Å². The fraction of sp³-hybridized carbons (Fsp3) is 0. The van der Waals surface area contributed by atoms with Gasteiger partial charge in [0.15, 0.2) is 0 Å². The van der Waals surface area contributed by atoms with Crippen molar-refractivity contribution >= 4 is 32.2 Å². The Balaban J connectivity index is 1.65. The molecule has 8 heteroatoms. The molecule has 1 aromatic heterocycles. The average Bonchev–Trinajstić information content (AvgIpc) is 3.12. The Hall–Kier alpha value is -2.58. The first-order chi connectivity index (χ1) is 11.5. The molecule has 4 rings (SSSR count). The number of nitrogen functional groups attached to an aromatic ring is 1. The Morgan fingerprint density at radius 2 is 1.75 bits per heavy atom. The first-order valence-electron chi connectivity index (χ1n) is 6.96. The quantitative estimate of drug-likeness (QED) is 0.719. The zero-order chi connectivity index (χ0) is 16.7. The van der Waals surface area contributed by atoms with Gasteiger partial charge >= 0.3 is 0 Å². The van der Waals surface area contributed by atoms with E-state index in [0.29, 0.717) is 26.9 Å². The van der Waals surface area contributed by atoms with Crippen LogP contribution in [-0.2, 0) is 9.84 Å². The number of nitrogens with two attached hydrogens (primary N) is 1. The number of thioether (sulfide) groups is 1. The SMILES string of the molecule is Nc1ccc(-c2nnc(SC3=CS(=O)(=O)c4ccccc43)o2)cc1. The Bertz CT molecular complexity index is 1050. The van der Waals surface area contributed by atoms with Crippen molar-refractivity contribution in [2.45, 2.75) is 10.1 Å². The molecule has 0 saturated carbocycles. The van der Waals surface area contributed by atoms with Gasteiger partial charge in [-0.05, 0) is 42.1 Å². The highest BCUT2D eigenvalue weighted by Crippen LogP contribution is 2.43. The summed E-state index contributed by atoms with van der Waals surface area (Å²) in [5.41, 5.74) is 7.69. The highest BCUT2D eigenvalue weighted by molar-refractivity contribution is 8.09. The maximum absolute atomic E-state index is 12.1. The number of benzene rings is 2. The molecule has 0 radical (unpaired) electrons. The lowest BCUT2D eigenvalue weighted by molar-refractivity contribution is 0.467. The maximum atomic E-state index is 12.1. The van der Waals surface area contributed by atoms with Crippen LogP contribution >= 0.6 is 11.8 Å². The molecule has 0 fully saturated rings. The van der Waals surface area contributed by atoms with E-state index in [9.17, 15) is 8.42 Å². The van der Waals surface area contributed by atoms with Gasteiger partial charge in [-0.25, -0.2) is 8.42 Å². The molecule has 24 heavy (non-hydrogen) atoms. The molecule has 1 aliphatic rings. The number of fused-ring (bicyclic) bond motifs is 1. The molecule has 0 unspecified atom stereocenters. The largest absolute Gasteiger partial charge is 0.411 e. The molecule has 2 aromatic carbocycles. The summed E-state index contributed by atoms with van der Waals surface area (Å²) in [6, 6.07) is 13.9. The van der Waals surface area contributed by atoms with Crippen LogP contribution in [0.5, 0.6) is 0 Å². The highest BCUT2D eigenvalue weighted by Gasteiger charge is 2.28. The van der Waals surface area contributed by atoms with E-state index in [-0.39, 0.29) is 5.22 Å². The number of hydrogen-bond donors (Lipinski definition) is 1. The van der Waals surface area contributed by atoms with Crippen LogP contribution in [0.15, 0.2) is 68.5 Å². The lowest BCUT2D eigenvalue weighted by Gasteiger charge is -2.00. The molecule has 0 bridgehead atoms. The van der Waals surface area contributed by atoms with Crippen molar-refractivity contribution in [2.75, 3.05) is 5.73 Å². The molecule has 0 spiro atoms. The first-order valence-corrected chi connectivity index (χ1v) is 9.33. The third-order valence-electron chi connectivity index (χ3n) is 3.48. The predicted octanol–water partition coefficient (Wildman–Crippen LogP) is 3.20. The normalized spacial score (nSPS) is 15.1. The fourth-order valence-electron chi connectivity index (χ4n) is 2.35. The van der Waals surface area contributed by atoms with Gasteiger partial charge in [0, 0.05) is 21.7 Å². The van der Waals surface area contributed by atoms with Gasteiger partial charge in [-0.15, -0.1) is 10.2 Å². The number of aromatic nitrogens is 2. The minimum absolute atomic E-state index is 0.278. The fourth-order valence-corrected chi connectivity index (χ4v) is 4.96. The van der Waals surface area contributed by atoms with Crippen LogP contribution in [0.1, 0.15) is 5.56 Å². The minimum Gasteiger partial charge on any atom is -0.411 e. The molecule has 2 heterocycles. The Labute approximate surface area is 142 Å². The summed E-state index contributed by atoms with van der Waals surface area (Å²) in [6.07, 6.45) is 0. The average molecular weight is 357 g/mol. The van der Waals surface area contributed by atoms with Crippen molar-refractivity contribution in [3.05, 3.63) is 59.5 Å². The molecule has 1 aliphatic heterocycles. The second-order valence-electron chi connectivity index (χ2n) is 5.12. The molecule has 0 amide bonds. The van der Waals surface area contributed by atoms with E-state index in [2.05, 4.69) is 10.2 Å². The third kappa shape index (κ3) is 2.59. The Kier molecular flexibility index (Phi) is 3.43. The van der Waals surface area contributed by atoms with Crippen LogP contribution in [0.4, 0.5) is 5.69 Å². The Morgan fingerprint density at radius 3 is 2.54 bits per heavy atom. The zero-order valence-electron chi connectivity index (χ0n) is 12.2. The van der Waals surface area contributed by atoms with Gasteiger partial charge in [0.2, 0.25) is 15.7 Å². The highest BCUT2D eigenvalue weighted by atomic mass is 32.2. The van der Waals surface area contributed by atoms with Crippen molar-refractivity contribution < 1.29 is 12.8 Å². The molecular weight excluding hydrogens is 346 g/mol. The van der Waals surface area contributed by atoms with Crippen molar-refractivity contribution in [1.29, 1.82) is 0 Å². The summed E-state index contributed by atoms with van der Waals surface area (Å²) in [5, 5.41) is 9.48. The second-order valence-corrected chi connectivity index (χ2v) is 7.88. The molecule has 0 atom stereocenters. The van der Waals surface area contributed by atoms with E-state index < -0.39 is 9.84 Å². The third-order valence-corrected chi connectivity index (χ3v) is 6.04. The van der Waals surface area contributed by atoms with Crippen LogP contribution in [0.3, 0.4) is 0 Å². The number of sulfone groups is 1.